The van der Waals surface area contributed by atoms with E-state index in [1.54, 1.807) is 0 Å². The Morgan fingerprint density at radius 2 is 1.87 bits per heavy atom. The summed E-state index contributed by atoms with van der Waals surface area (Å²) in [7, 11) is 4.23. The van der Waals surface area contributed by atoms with Gasteiger partial charge in [-0.2, -0.15) is 0 Å². The van der Waals surface area contributed by atoms with Gasteiger partial charge in [-0.05, 0) is 46.0 Å². The molecule has 0 aromatic rings. The van der Waals surface area contributed by atoms with Crippen LogP contribution in [0.4, 0.5) is 0 Å². The zero-order valence-electron chi connectivity index (χ0n) is 10.7. The summed E-state index contributed by atoms with van der Waals surface area (Å²) < 4.78 is 6.06. The lowest BCUT2D eigenvalue weighted by molar-refractivity contribution is -0.850. The van der Waals surface area contributed by atoms with Gasteiger partial charge in [0.15, 0.2) is 0 Å². The van der Waals surface area contributed by atoms with Crippen molar-refractivity contribution in [3.05, 3.63) is 0 Å². The molecule has 86 valence electrons. The normalized spacial score (nSPS) is 29.7. The zero-order valence-corrected chi connectivity index (χ0v) is 10.7. The van der Waals surface area contributed by atoms with Crippen LogP contribution in [-0.4, -0.2) is 31.8 Å². The molecule has 1 N–H and O–H groups in total. The van der Waals surface area contributed by atoms with Gasteiger partial charge in [-0.15, -0.1) is 0 Å². The van der Waals surface area contributed by atoms with Crippen LogP contribution in [0.1, 0.15) is 40.0 Å². The van der Waals surface area contributed by atoms with E-state index in [9.17, 15) is 0 Å². The van der Waals surface area contributed by atoms with Crippen molar-refractivity contribution in [1.29, 1.82) is 0 Å². The molecule has 2 heteroatoms. The molecule has 0 aromatic heterocycles. The average molecular weight is 210 g/mol. The van der Waals surface area contributed by atoms with Crippen LogP contribution in [-0.2, 0) is 4.74 Å². The Kier molecular flexibility index (Phi) is 3.81. The summed E-state index contributed by atoms with van der Waals surface area (Å²) in [6.07, 6.45) is 3.42. The second kappa shape index (κ2) is 4.55. The first-order chi connectivity index (χ1) is 6.83. The maximum atomic E-state index is 6.06. The molecule has 1 aliphatic rings. The van der Waals surface area contributed by atoms with Crippen molar-refractivity contribution in [2.75, 3.05) is 20.6 Å². The van der Waals surface area contributed by atoms with Crippen LogP contribution in [0.5, 0.6) is 0 Å². The molecule has 2 nitrogen and oxygen atoms in total. The van der Waals surface area contributed by atoms with Crippen LogP contribution in [0.25, 0.3) is 0 Å². The lowest BCUT2D eigenvalue weighted by Gasteiger charge is -2.40. The van der Waals surface area contributed by atoms with Crippen molar-refractivity contribution >= 4 is 0 Å². The van der Waals surface area contributed by atoms with Gasteiger partial charge in [0.1, 0.15) is 12.1 Å². The Morgan fingerprint density at radius 1 is 1.20 bits per heavy atom. The van der Waals surface area contributed by atoms with Crippen molar-refractivity contribution in [3.63, 3.8) is 0 Å². The topological polar surface area (TPSA) is 13.7 Å². The van der Waals surface area contributed by atoms with E-state index in [1.165, 1.54) is 11.3 Å². The van der Waals surface area contributed by atoms with Gasteiger partial charge in [-0.3, -0.25) is 0 Å². The standard InChI is InChI=1S/C13H23NO/c1-12(2)8-6-9-13(3,15-12)10-7-11-14(4)5/h6,8-9,11H2,1-5H3/p+1/t13-/m0/s1. The molecule has 1 atom stereocenters. The van der Waals surface area contributed by atoms with Crippen LogP contribution in [0.2, 0.25) is 0 Å². The van der Waals surface area contributed by atoms with E-state index < -0.39 is 0 Å². The number of quaternary nitrogens is 1. The smallest absolute Gasteiger partial charge is 0.139 e. The van der Waals surface area contributed by atoms with Crippen LogP contribution in [0.15, 0.2) is 0 Å². The number of hydrogen-bond acceptors (Lipinski definition) is 1. The third-order valence-corrected chi connectivity index (χ3v) is 2.73. The maximum absolute atomic E-state index is 6.06. The summed E-state index contributed by atoms with van der Waals surface area (Å²) in [5.41, 5.74) is -0.232. The molecule has 0 bridgehead atoms. The summed E-state index contributed by atoms with van der Waals surface area (Å²) in [6, 6.07) is 0. The first-order valence-electron chi connectivity index (χ1n) is 5.82. The molecule has 0 spiro atoms. The van der Waals surface area contributed by atoms with Gasteiger partial charge in [0.2, 0.25) is 0 Å². The summed E-state index contributed by atoms with van der Waals surface area (Å²) in [4.78, 5) is 1.36. The Bertz CT molecular complexity index is 272. The highest BCUT2D eigenvalue weighted by Gasteiger charge is 2.35. The summed E-state index contributed by atoms with van der Waals surface area (Å²) in [5.74, 6) is 6.51. The summed E-state index contributed by atoms with van der Waals surface area (Å²) in [5, 5.41) is 0. The van der Waals surface area contributed by atoms with E-state index in [0.717, 1.165) is 19.4 Å². The average Bonchev–Trinajstić information content (AvgIpc) is 1.99. The molecule has 0 amide bonds. The quantitative estimate of drug-likeness (QED) is 0.634. The lowest BCUT2D eigenvalue weighted by atomic mass is 9.88. The van der Waals surface area contributed by atoms with Crippen LogP contribution in [0.3, 0.4) is 0 Å². The van der Waals surface area contributed by atoms with E-state index in [0.29, 0.717) is 0 Å². The van der Waals surface area contributed by atoms with Crippen molar-refractivity contribution in [1.82, 2.24) is 0 Å². The lowest BCUT2D eigenvalue weighted by Crippen LogP contribution is -3.05. The third kappa shape index (κ3) is 4.24. The van der Waals surface area contributed by atoms with Crippen molar-refractivity contribution in [2.45, 2.75) is 51.2 Å². The molecule has 1 fully saturated rings. The van der Waals surface area contributed by atoms with Crippen molar-refractivity contribution < 1.29 is 9.64 Å². The molecule has 1 rings (SSSR count). The van der Waals surface area contributed by atoms with Gasteiger partial charge in [-0.25, -0.2) is 0 Å². The Labute approximate surface area is 94.0 Å². The molecule has 0 unspecified atom stereocenters. The molecule has 0 aliphatic carbocycles. The van der Waals surface area contributed by atoms with Gasteiger partial charge < -0.3 is 9.64 Å². The molecule has 15 heavy (non-hydrogen) atoms. The fourth-order valence-electron chi connectivity index (χ4n) is 2.06. The maximum Gasteiger partial charge on any atom is 0.139 e. The minimum atomic E-state index is -0.225. The second-order valence-electron chi connectivity index (χ2n) is 5.63. The predicted octanol–water partition coefficient (Wildman–Crippen LogP) is 0.872. The van der Waals surface area contributed by atoms with E-state index in [1.807, 2.05) is 0 Å². The van der Waals surface area contributed by atoms with Gasteiger partial charge in [-0.1, -0.05) is 5.92 Å². The monoisotopic (exact) mass is 210 g/mol. The molecular formula is C13H24NO+. The van der Waals surface area contributed by atoms with Gasteiger partial charge in [0, 0.05) is 0 Å². The molecule has 0 saturated carbocycles. The number of rotatable bonds is 1. The Morgan fingerprint density at radius 3 is 2.40 bits per heavy atom. The van der Waals surface area contributed by atoms with E-state index in [-0.39, 0.29) is 11.2 Å². The van der Waals surface area contributed by atoms with E-state index in [4.69, 9.17) is 4.74 Å². The fraction of sp³-hybridized carbons (Fsp3) is 0.846. The third-order valence-electron chi connectivity index (χ3n) is 2.73. The molecule has 0 aromatic carbocycles. The Hall–Kier alpha value is -0.520. The Balaban J connectivity index is 2.60. The minimum absolute atomic E-state index is 0.00729. The SMILES string of the molecule is C[NH+](C)CC#C[C@]1(C)CCCC(C)(C)O1. The zero-order chi connectivity index (χ0) is 11.5. The van der Waals surface area contributed by atoms with Gasteiger partial charge in [0.25, 0.3) is 0 Å². The van der Waals surface area contributed by atoms with E-state index >= 15 is 0 Å². The fourth-order valence-corrected chi connectivity index (χ4v) is 2.06. The van der Waals surface area contributed by atoms with E-state index in [2.05, 4.69) is 46.7 Å². The number of ether oxygens (including phenoxy) is 1. The van der Waals surface area contributed by atoms with Crippen molar-refractivity contribution in [3.8, 4) is 11.8 Å². The summed E-state index contributed by atoms with van der Waals surface area (Å²) in [6.45, 7) is 7.32. The highest BCUT2D eigenvalue weighted by Crippen LogP contribution is 2.34. The van der Waals surface area contributed by atoms with Gasteiger partial charge in [0.05, 0.1) is 19.7 Å². The molecule has 1 aliphatic heterocycles. The first kappa shape index (κ1) is 12.5. The number of nitrogens with one attached hydrogen (secondary N) is 1. The van der Waals surface area contributed by atoms with Crippen LogP contribution >= 0.6 is 0 Å². The van der Waals surface area contributed by atoms with Crippen molar-refractivity contribution in [2.24, 2.45) is 0 Å². The molecule has 1 saturated heterocycles. The van der Waals surface area contributed by atoms with Gasteiger partial charge >= 0.3 is 0 Å². The molecule has 0 radical (unpaired) electrons. The molecular weight excluding hydrogens is 186 g/mol. The highest BCUT2D eigenvalue weighted by atomic mass is 16.5. The predicted molar refractivity (Wildman–Crippen MR) is 62.9 cm³/mol. The second-order valence-corrected chi connectivity index (χ2v) is 5.63. The summed E-state index contributed by atoms with van der Waals surface area (Å²) >= 11 is 0. The molecule has 1 heterocycles. The van der Waals surface area contributed by atoms with Crippen LogP contribution in [0, 0.1) is 11.8 Å². The minimum Gasteiger partial charge on any atom is -0.357 e. The number of hydrogen-bond donors (Lipinski definition) is 1. The largest absolute Gasteiger partial charge is 0.357 e. The highest BCUT2D eigenvalue weighted by molar-refractivity contribution is 5.14. The van der Waals surface area contributed by atoms with Crippen LogP contribution < -0.4 is 4.90 Å². The first-order valence-corrected chi connectivity index (χ1v) is 5.82.